The van der Waals surface area contributed by atoms with Crippen molar-refractivity contribution in [3.05, 3.63) is 57.5 Å². The van der Waals surface area contributed by atoms with Gasteiger partial charge in [0.05, 0.1) is 4.92 Å². The maximum absolute atomic E-state index is 10.9. The Morgan fingerprint density at radius 2 is 1.95 bits per heavy atom. The summed E-state index contributed by atoms with van der Waals surface area (Å²) < 4.78 is 0. The Labute approximate surface area is 110 Å². The Kier molecular flexibility index (Phi) is 3.70. The van der Waals surface area contributed by atoms with Gasteiger partial charge < -0.3 is 5.32 Å². The lowest BCUT2D eigenvalue weighted by atomic mass is 10.2. The minimum Gasteiger partial charge on any atom is -0.360 e. The maximum atomic E-state index is 10.9. The minimum absolute atomic E-state index is 0.0225. The number of hydrogen-bond acceptors (Lipinski definition) is 5. The van der Waals surface area contributed by atoms with Gasteiger partial charge in [-0.15, -0.1) is 0 Å². The number of anilines is 1. The molecule has 98 valence electrons. The highest BCUT2D eigenvalue weighted by Crippen LogP contribution is 2.22. The van der Waals surface area contributed by atoms with Crippen LogP contribution in [0.4, 0.5) is 11.5 Å². The van der Waals surface area contributed by atoms with Gasteiger partial charge in [0.15, 0.2) is 0 Å². The van der Waals surface area contributed by atoms with E-state index in [-0.39, 0.29) is 11.5 Å². The number of rotatable bonds is 4. The molecule has 0 aliphatic carbocycles. The molecule has 0 aliphatic heterocycles. The van der Waals surface area contributed by atoms with Crippen molar-refractivity contribution in [3.8, 4) is 0 Å². The average Bonchev–Trinajstić information content (AvgIpc) is 2.38. The predicted molar refractivity (Wildman–Crippen MR) is 71.9 cm³/mol. The first-order valence-electron chi connectivity index (χ1n) is 5.83. The Bertz CT molecular complexity index is 596. The monoisotopic (exact) mass is 258 g/mol. The number of nitrogens with zero attached hydrogens (tertiary/aromatic N) is 3. The van der Waals surface area contributed by atoms with Crippen LogP contribution in [0.3, 0.4) is 0 Å². The van der Waals surface area contributed by atoms with Gasteiger partial charge in [-0.1, -0.05) is 6.07 Å². The summed E-state index contributed by atoms with van der Waals surface area (Å²) >= 11 is 0. The zero-order valence-electron chi connectivity index (χ0n) is 10.8. The van der Waals surface area contributed by atoms with E-state index < -0.39 is 4.92 Å². The maximum Gasteiger partial charge on any atom is 0.311 e. The van der Waals surface area contributed by atoms with Crippen molar-refractivity contribution in [3.63, 3.8) is 0 Å². The van der Waals surface area contributed by atoms with Crippen LogP contribution >= 0.6 is 0 Å². The van der Waals surface area contributed by atoms with E-state index in [1.54, 1.807) is 19.2 Å². The molecule has 6 nitrogen and oxygen atoms in total. The molecule has 0 saturated heterocycles. The van der Waals surface area contributed by atoms with Crippen LogP contribution in [0.1, 0.15) is 17.0 Å². The van der Waals surface area contributed by atoms with Crippen molar-refractivity contribution in [2.75, 3.05) is 5.32 Å². The number of nitrogens with one attached hydrogen (secondary N) is 1. The molecule has 0 fully saturated rings. The first-order valence-corrected chi connectivity index (χ1v) is 5.83. The fourth-order valence-electron chi connectivity index (χ4n) is 1.62. The lowest BCUT2D eigenvalue weighted by Gasteiger charge is -2.07. The fourth-order valence-corrected chi connectivity index (χ4v) is 1.62. The summed E-state index contributed by atoms with van der Waals surface area (Å²) in [6.07, 6.45) is 1.74. The molecule has 0 unspecified atom stereocenters. The molecule has 0 saturated carbocycles. The Morgan fingerprint density at radius 3 is 2.58 bits per heavy atom. The number of pyridine rings is 2. The molecule has 1 N–H and O–H groups in total. The summed E-state index contributed by atoms with van der Waals surface area (Å²) in [5.74, 6) is 0.283. The highest BCUT2D eigenvalue weighted by Gasteiger charge is 2.14. The largest absolute Gasteiger partial charge is 0.360 e. The Balaban J connectivity index is 2.16. The Hall–Kier alpha value is -2.50. The third-order valence-electron chi connectivity index (χ3n) is 2.64. The molecule has 2 rings (SSSR count). The van der Waals surface area contributed by atoms with Crippen molar-refractivity contribution >= 4 is 11.5 Å². The number of aromatic nitrogens is 2. The summed E-state index contributed by atoms with van der Waals surface area (Å²) in [6, 6.07) is 6.90. The molecule has 2 heterocycles. The predicted octanol–water partition coefficient (Wildman–Crippen LogP) is 2.61. The molecule has 0 radical (unpaired) electrons. The van der Waals surface area contributed by atoms with Crippen LogP contribution in [-0.4, -0.2) is 14.9 Å². The van der Waals surface area contributed by atoms with Crippen LogP contribution in [-0.2, 0) is 6.54 Å². The molecule has 0 atom stereocenters. The van der Waals surface area contributed by atoms with Crippen molar-refractivity contribution in [2.24, 2.45) is 0 Å². The van der Waals surface area contributed by atoms with E-state index in [4.69, 9.17) is 0 Å². The van der Waals surface area contributed by atoms with Crippen molar-refractivity contribution in [1.29, 1.82) is 0 Å². The van der Waals surface area contributed by atoms with E-state index in [1.807, 2.05) is 19.1 Å². The molecule has 0 bridgehead atoms. The van der Waals surface area contributed by atoms with E-state index in [0.29, 0.717) is 6.54 Å². The lowest BCUT2D eigenvalue weighted by molar-refractivity contribution is -0.384. The lowest BCUT2D eigenvalue weighted by Crippen LogP contribution is -2.05. The van der Waals surface area contributed by atoms with E-state index >= 15 is 0 Å². The van der Waals surface area contributed by atoms with Gasteiger partial charge in [0.1, 0.15) is 0 Å². The molecule has 0 spiro atoms. The first-order chi connectivity index (χ1) is 9.06. The zero-order chi connectivity index (χ0) is 13.8. The molecule has 0 aromatic carbocycles. The van der Waals surface area contributed by atoms with Gasteiger partial charge in [0, 0.05) is 30.2 Å². The quantitative estimate of drug-likeness (QED) is 0.673. The van der Waals surface area contributed by atoms with Gasteiger partial charge in [-0.25, -0.2) is 4.98 Å². The van der Waals surface area contributed by atoms with Crippen molar-refractivity contribution in [2.45, 2.75) is 20.4 Å². The van der Waals surface area contributed by atoms with Gasteiger partial charge >= 0.3 is 5.69 Å². The molecule has 2 aromatic rings. The first kappa shape index (κ1) is 12.9. The molecule has 19 heavy (non-hydrogen) atoms. The fraction of sp³-hybridized carbons (Fsp3) is 0.231. The SMILES string of the molecule is Cc1ccc(CNc2nc(C)ccc2[N+](=O)[O-])cn1. The van der Waals surface area contributed by atoms with Crippen LogP contribution in [0.15, 0.2) is 30.5 Å². The van der Waals surface area contributed by atoms with E-state index in [1.165, 1.54) is 6.07 Å². The zero-order valence-corrected chi connectivity index (χ0v) is 10.8. The van der Waals surface area contributed by atoms with E-state index in [0.717, 1.165) is 17.0 Å². The standard InChI is InChI=1S/C13H14N4O2/c1-9-3-5-11(7-14-9)8-15-13-12(17(18)19)6-4-10(2)16-13/h3-7H,8H2,1-2H3,(H,15,16). The Morgan fingerprint density at radius 1 is 1.21 bits per heavy atom. The number of nitro groups is 1. The summed E-state index contributed by atoms with van der Waals surface area (Å²) in [5, 5.41) is 13.9. The molecule has 0 amide bonds. The number of aryl methyl sites for hydroxylation is 2. The van der Waals surface area contributed by atoms with Crippen molar-refractivity contribution in [1.82, 2.24) is 9.97 Å². The molecule has 2 aromatic heterocycles. The van der Waals surface area contributed by atoms with Gasteiger partial charge in [-0.2, -0.15) is 0 Å². The second-order valence-corrected chi connectivity index (χ2v) is 4.24. The summed E-state index contributed by atoms with van der Waals surface area (Å²) in [5.41, 5.74) is 2.59. The topological polar surface area (TPSA) is 81.0 Å². The van der Waals surface area contributed by atoms with Crippen LogP contribution in [0, 0.1) is 24.0 Å². The van der Waals surface area contributed by atoms with E-state index in [9.17, 15) is 10.1 Å². The summed E-state index contributed by atoms with van der Waals surface area (Å²) in [7, 11) is 0. The average molecular weight is 258 g/mol. The van der Waals surface area contributed by atoms with Crippen LogP contribution in [0.2, 0.25) is 0 Å². The second kappa shape index (κ2) is 5.43. The van der Waals surface area contributed by atoms with Crippen LogP contribution in [0.25, 0.3) is 0 Å². The smallest absolute Gasteiger partial charge is 0.311 e. The van der Waals surface area contributed by atoms with Crippen molar-refractivity contribution < 1.29 is 4.92 Å². The third-order valence-corrected chi connectivity index (χ3v) is 2.64. The van der Waals surface area contributed by atoms with Gasteiger partial charge in [0.2, 0.25) is 5.82 Å². The highest BCUT2D eigenvalue weighted by atomic mass is 16.6. The molecule has 0 aliphatic rings. The summed E-state index contributed by atoms with van der Waals surface area (Å²) in [4.78, 5) is 18.8. The minimum atomic E-state index is -0.442. The number of hydrogen-bond donors (Lipinski definition) is 1. The van der Waals surface area contributed by atoms with Crippen LogP contribution < -0.4 is 5.32 Å². The van der Waals surface area contributed by atoms with Gasteiger partial charge in [-0.05, 0) is 31.5 Å². The van der Waals surface area contributed by atoms with Crippen LogP contribution in [0.5, 0.6) is 0 Å². The molecular weight excluding hydrogens is 244 g/mol. The highest BCUT2D eigenvalue weighted by molar-refractivity contribution is 5.56. The summed E-state index contributed by atoms with van der Waals surface area (Å²) in [6.45, 7) is 4.15. The van der Waals surface area contributed by atoms with Gasteiger partial charge in [-0.3, -0.25) is 15.1 Å². The second-order valence-electron chi connectivity index (χ2n) is 4.24. The molecular formula is C13H14N4O2. The molecule has 6 heteroatoms. The third kappa shape index (κ3) is 3.25. The normalized spacial score (nSPS) is 10.2. The van der Waals surface area contributed by atoms with Gasteiger partial charge in [0.25, 0.3) is 0 Å². The van der Waals surface area contributed by atoms with E-state index in [2.05, 4.69) is 15.3 Å².